The highest BCUT2D eigenvalue weighted by molar-refractivity contribution is 5.95. The van der Waals surface area contributed by atoms with E-state index in [0.29, 0.717) is 17.2 Å². The molecule has 2 N–H and O–H groups in total. The minimum Gasteiger partial charge on any atom is -0.495 e. The number of hydrogen-bond donors (Lipinski definition) is 2. The van der Waals surface area contributed by atoms with Crippen LogP contribution in [0.2, 0.25) is 0 Å². The minimum atomic E-state index is -0.322. The van der Waals surface area contributed by atoms with E-state index in [1.165, 1.54) is 7.11 Å². The first-order valence-electron chi connectivity index (χ1n) is 7.56. The fraction of sp³-hybridized carbons (Fsp3) is 0.222. The summed E-state index contributed by atoms with van der Waals surface area (Å²) in [6.45, 7) is 0.145. The highest BCUT2D eigenvalue weighted by Gasteiger charge is 2.08. The van der Waals surface area contributed by atoms with E-state index >= 15 is 0 Å². The second-order valence-electron chi connectivity index (χ2n) is 4.94. The highest BCUT2D eigenvalue weighted by atomic mass is 16.5. The Morgan fingerprint density at radius 3 is 2.42 bits per heavy atom. The molecule has 6 heteroatoms. The Labute approximate surface area is 140 Å². The van der Waals surface area contributed by atoms with Gasteiger partial charge in [-0.15, -0.1) is 0 Å². The lowest BCUT2D eigenvalue weighted by Gasteiger charge is -2.10. The highest BCUT2D eigenvalue weighted by Crippen LogP contribution is 2.22. The summed E-state index contributed by atoms with van der Waals surface area (Å²) in [4.78, 5) is 23.6. The first kappa shape index (κ1) is 17.3. The van der Waals surface area contributed by atoms with Crippen LogP contribution in [0.4, 0.5) is 5.69 Å². The predicted molar refractivity (Wildman–Crippen MR) is 91.2 cm³/mol. The minimum absolute atomic E-state index is 0.109. The van der Waals surface area contributed by atoms with Crippen LogP contribution >= 0.6 is 0 Å². The van der Waals surface area contributed by atoms with Gasteiger partial charge >= 0.3 is 0 Å². The molecule has 2 rings (SSSR count). The zero-order valence-electron chi connectivity index (χ0n) is 13.5. The summed E-state index contributed by atoms with van der Waals surface area (Å²) in [7, 11) is 1.53. The fourth-order valence-electron chi connectivity index (χ4n) is 1.99. The van der Waals surface area contributed by atoms with Crippen molar-refractivity contribution in [3.05, 3.63) is 54.6 Å². The molecular weight excluding hydrogens is 308 g/mol. The second-order valence-corrected chi connectivity index (χ2v) is 4.94. The zero-order chi connectivity index (χ0) is 17.2. The van der Waals surface area contributed by atoms with Crippen LogP contribution < -0.4 is 20.1 Å². The van der Waals surface area contributed by atoms with Crippen LogP contribution in [0.25, 0.3) is 0 Å². The van der Waals surface area contributed by atoms with Crippen molar-refractivity contribution in [2.75, 3.05) is 25.6 Å². The molecule has 0 radical (unpaired) electrons. The van der Waals surface area contributed by atoms with Crippen LogP contribution in [0, 0.1) is 0 Å². The van der Waals surface area contributed by atoms with Crippen molar-refractivity contribution in [1.29, 1.82) is 0 Å². The number of amides is 2. The summed E-state index contributed by atoms with van der Waals surface area (Å²) in [5.74, 6) is 0.700. The van der Waals surface area contributed by atoms with Crippen LogP contribution in [0.3, 0.4) is 0 Å². The predicted octanol–water partition coefficient (Wildman–Crippen LogP) is 2.22. The maximum absolute atomic E-state index is 11.9. The summed E-state index contributed by atoms with van der Waals surface area (Å²) in [5, 5.41) is 5.24. The molecule has 0 aliphatic rings. The molecule has 0 atom stereocenters. The van der Waals surface area contributed by atoms with E-state index in [0.717, 1.165) is 0 Å². The van der Waals surface area contributed by atoms with Crippen molar-refractivity contribution in [2.45, 2.75) is 6.42 Å². The number of nitrogens with one attached hydrogen (secondary N) is 2. The number of rotatable bonds is 8. The van der Waals surface area contributed by atoms with E-state index in [1.54, 1.807) is 18.2 Å². The smallest absolute Gasteiger partial charge is 0.243 e. The van der Waals surface area contributed by atoms with Crippen molar-refractivity contribution in [3.8, 4) is 11.5 Å². The SMILES string of the molecule is COc1ccccc1NC(=O)CNC(=O)CCOc1ccccc1. The van der Waals surface area contributed by atoms with Crippen LogP contribution in [0.5, 0.6) is 11.5 Å². The standard InChI is InChI=1S/C18H20N2O4/c1-23-16-10-6-5-9-15(16)20-18(22)13-19-17(21)11-12-24-14-7-3-2-4-8-14/h2-10H,11-13H2,1H3,(H,19,21)(H,20,22). The Morgan fingerprint density at radius 1 is 0.958 bits per heavy atom. The third kappa shape index (κ3) is 5.64. The molecule has 0 fully saturated rings. The van der Waals surface area contributed by atoms with Gasteiger partial charge in [-0.2, -0.15) is 0 Å². The molecule has 0 spiro atoms. The van der Waals surface area contributed by atoms with E-state index in [2.05, 4.69) is 10.6 Å². The maximum atomic E-state index is 11.9. The maximum Gasteiger partial charge on any atom is 0.243 e. The monoisotopic (exact) mass is 328 g/mol. The lowest BCUT2D eigenvalue weighted by molar-refractivity contribution is -0.124. The molecule has 0 saturated heterocycles. The van der Waals surface area contributed by atoms with Crippen LogP contribution in [0.1, 0.15) is 6.42 Å². The van der Waals surface area contributed by atoms with Crippen molar-refractivity contribution in [1.82, 2.24) is 5.32 Å². The molecule has 0 aliphatic heterocycles. The Kier molecular flexibility index (Phi) is 6.64. The van der Waals surface area contributed by atoms with Gasteiger partial charge in [0.1, 0.15) is 11.5 Å². The van der Waals surface area contributed by atoms with Gasteiger partial charge in [-0.05, 0) is 24.3 Å². The third-order valence-corrected chi connectivity index (χ3v) is 3.17. The average molecular weight is 328 g/mol. The van der Waals surface area contributed by atoms with Gasteiger partial charge in [0.15, 0.2) is 0 Å². The quantitative estimate of drug-likeness (QED) is 0.779. The number of benzene rings is 2. The first-order valence-corrected chi connectivity index (χ1v) is 7.56. The second kappa shape index (κ2) is 9.19. The molecule has 126 valence electrons. The lowest BCUT2D eigenvalue weighted by Crippen LogP contribution is -2.33. The number of ether oxygens (including phenoxy) is 2. The van der Waals surface area contributed by atoms with Gasteiger partial charge in [0.05, 0.1) is 32.4 Å². The first-order chi connectivity index (χ1) is 11.7. The molecule has 0 aromatic heterocycles. The number of carbonyl (C=O) groups excluding carboxylic acids is 2. The van der Waals surface area contributed by atoms with Gasteiger partial charge in [0.2, 0.25) is 11.8 Å². The van der Waals surface area contributed by atoms with Crippen molar-refractivity contribution >= 4 is 17.5 Å². The van der Waals surface area contributed by atoms with Gasteiger partial charge in [-0.3, -0.25) is 9.59 Å². The molecule has 2 aromatic rings. The molecular formula is C18H20N2O4. The van der Waals surface area contributed by atoms with Gasteiger partial charge < -0.3 is 20.1 Å². The van der Waals surface area contributed by atoms with Gasteiger partial charge in [0.25, 0.3) is 0 Å². The van der Waals surface area contributed by atoms with Gasteiger partial charge in [0, 0.05) is 0 Å². The van der Waals surface area contributed by atoms with E-state index in [9.17, 15) is 9.59 Å². The summed E-state index contributed by atoms with van der Waals surface area (Å²) in [5.41, 5.74) is 0.562. The number of anilines is 1. The number of carbonyl (C=O) groups is 2. The molecule has 0 heterocycles. The van der Waals surface area contributed by atoms with E-state index in [-0.39, 0.29) is 31.4 Å². The zero-order valence-corrected chi connectivity index (χ0v) is 13.5. The molecule has 2 amide bonds. The molecule has 0 aliphatic carbocycles. The lowest BCUT2D eigenvalue weighted by atomic mass is 10.3. The van der Waals surface area contributed by atoms with E-state index in [1.807, 2.05) is 36.4 Å². The van der Waals surface area contributed by atoms with E-state index in [4.69, 9.17) is 9.47 Å². The number of hydrogen-bond acceptors (Lipinski definition) is 4. The van der Waals surface area contributed by atoms with E-state index < -0.39 is 0 Å². The molecule has 2 aromatic carbocycles. The Hall–Kier alpha value is -3.02. The molecule has 6 nitrogen and oxygen atoms in total. The molecule has 0 saturated carbocycles. The Morgan fingerprint density at radius 2 is 1.67 bits per heavy atom. The van der Waals surface area contributed by atoms with Gasteiger partial charge in [-0.25, -0.2) is 0 Å². The summed E-state index contributed by atoms with van der Waals surface area (Å²) >= 11 is 0. The summed E-state index contributed by atoms with van der Waals surface area (Å²) < 4.78 is 10.6. The topological polar surface area (TPSA) is 76.7 Å². The third-order valence-electron chi connectivity index (χ3n) is 3.17. The Balaban J connectivity index is 1.68. The number of para-hydroxylation sites is 3. The largest absolute Gasteiger partial charge is 0.495 e. The fourth-order valence-corrected chi connectivity index (χ4v) is 1.99. The van der Waals surface area contributed by atoms with Crippen molar-refractivity contribution in [3.63, 3.8) is 0 Å². The van der Waals surface area contributed by atoms with Crippen molar-refractivity contribution in [2.24, 2.45) is 0 Å². The summed E-state index contributed by atoms with van der Waals surface area (Å²) in [6.07, 6.45) is 0.177. The van der Waals surface area contributed by atoms with Crippen molar-refractivity contribution < 1.29 is 19.1 Å². The van der Waals surface area contributed by atoms with Crippen LogP contribution in [-0.4, -0.2) is 32.1 Å². The Bertz CT molecular complexity index is 674. The average Bonchev–Trinajstić information content (AvgIpc) is 2.61. The van der Waals surface area contributed by atoms with Gasteiger partial charge in [-0.1, -0.05) is 30.3 Å². The molecule has 24 heavy (non-hydrogen) atoms. The number of methoxy groups -OCH3 is 1. The van der Waals surface area contributed by atoms with Crippen LogP contribution in [-0.2, 0) is 9.59 Å². The molecule has 0 unspecified atom stereocenters. The molecule has 0 bridgehead atoms. The van der Waals surface area contributed by atoms with Crippen LogP contribution in [0.15, 0.2) is 54.6 Å². The normalized spacial score (nSPS) is 9.88. The summed E-state index contributed by atoms with van der Waals surface area (Å²) in [6, 6.07) is 16.3.